The van der Waals surface area contributed by atoms with Gasteiger partial charge in [0, 0.05) is 11.3 Å². The number of rotatable bonds is 3. The van der Waals surface area contributed by atoms with Gasteiger partial charge in [0.1, 0.15) is 0 Å². The maximum atomic E-state index is 2.31. The van der Waals surface area contributed by atoms with Crippen LogP contribution >= 0.6 is 11.3 Å². The van der Waals surface area contributed by atoms with Gasteiger partial charge in [-0.25, -0.2) is 0 Å². The van der Waals surface area contributed by atoms with Crippen molar-refractivity contribution >= 4 is 23.0 Å². The highest BCUT2D eigenvalue weighted by Crippen LogP contribution is 2.37. The first kappa shape index (κ1) is 10.8. The summed E-state index contributed by atoms with van der Waals surface area (Å²) in [6, 6.07) is 10.8. The van der Waals surface area contributed by atoms with Crippen LogP contribution in [0.3, 0.4) is 0 Å². The maximum absolute atomic E-state index is 2.31. The Morgan fingerprint density at radius 2 is 1.88 bits per heavy atom. The molecule has 1 radical (unpaired) electrons. The molecule has 1 aromatic heterocycles. The average molecular weight is 239 g/mol. The van der Waals surface area contributed by atoms with Gasteiger partial charge in [-0.1, -0.05) is 37.6 Å². The molecular formula is C16H15S. The van der Waals surface area contributed by atoms with E-state index in [2.05, 4.69) is 55.1 Å². The molecular weight excluding hydrogens is 224 g/mol. The fourth-order valence-corrected chi connectivity index (χ4v) is 3.28. The molecule has 17 heavy (non-hydrogen) atoms. The monoisotopic (exact) mass is 239 g/mol. The lowest BCUT2D eigenvalue weighted by Crippen LogP contribution is -1.86. The van der Waals surface area contributed by atoms with Crippen LogP contribution in [-0.4, -0.2) is 0 Å². The molecule has 0 atom stereocenters. The van der Waals surface area contributed by atoms with Crippen LogP contribution in [0.25, 0.3) is 11.6 Å². The van der Waals surface area contributed by atoms with E-state index in [0.29, 0.717) is 0 Å². The molecule has 1 aliphatic rings. The second-order valence-electron chi connectivity index (χ2n) is 4.40. The van der Waals surface area contributed by atoms with Crippen molar-refractivity contribution < 1.29 is 0 Å². The molecule has 1 aliphatic carbocycles. The Balaban J connectivity index is 1.95. The molecule has 0 spiro atoms. The Labute approximate surface area is 107 Å². The zero-order valence-corrected chi connectivity index (χ0v) is 10.8. The van der Waals surface area contributed by atoms with Crippen molar-refractivity contribution in [2.24, 2.45) is 0 Å². The summed E-state index contributed by atoms with van der Waals surface area (Å²) in [6.45, 7) is 2.24. The Hall–Kier alpha value is -1.34. The van der Waals surface area contributed by atoms with Crippen LogP contribution < -0.4 is 0 Å². The normalized spacial score (nSPS) is 13.6. The van der Waals surface area contributed by atoms with Gasteiger partial charge in [-0.15, -0.1) is 11.3 Å². The molecule has 0 nitrogen and oxygen atoms in total. The lowest BCUT2D eigenvalue weighted by atomic mass is 10.0. The Kier molecular flexibility index (Phi) is 2.86. The SMILES string of the molecule is CCCc1ccsc1C1=Cc2ccccc2[CH]1. The molecule has 1 heterocycles. The minimum absolute atomic E-state index is 1.18. The Morgan fingerprint density at radius 3 is 2.65 bits per heavy atom. The summed E-state index contributed by atoms with van der Waals surface area (Å²) in [7, 11) is 0. The minimum atomic E-state index is 1.18. The van der Waals surface area contributed by atoms with Crippen molar-refractivity contribution in [2.75, 3.05) is 0 Å². The molecule has 3 rings (SSSR count). The van der Waals surface area contributed by atoms with Gasteiger partial charge in [0.2, 0.25) is 0 Å². The summed E-state index contributed by atoms with van der Waals surface area (Å²) in [5, 5.41) is 2.21. The third-order valence-electron chi connectivity index (χ3n) is 3.15. The molecule has 85 valence electrons. The van der Waals surface area contributed by atoms with Crippen LogP contribution in [0.2, 0.25) is 0 Å². The number of thiophene rings is 1. The third kappa shape index (κ3) is 1.96. The molecule has 0 aliphatic heterocycles. The Morgan fingerprint density at radius 1 is 1.06 bits per heavy atom. The van der Waals surface area contributed by atoms with Crippen molar-refractivity contribution in [3.63, 3.8) is 0 Å². The maximum Gasteiger partial charge on any atom is 0.0341 e. The van der Waals surface area contributed by atoms with Crippen LogP contribution in [0, 0.1) is 6.42 Å². The highest BCUT2D eigenvalue weighted by atomic mass is 32.1. The molecule has 2 aromatic rings. The zero-order valence-electron chi connectivity index (χ0n) is 9.94. The van der Waals surface area contributed by atoms with Crippen LogP contribution in [0.1, 0.15) is 34.9 Å². The van der Waals surface area contributed by atoms with Crippen molar-refractivity contribution in [1.82, 2.24) is 0 Å². The standard InChI is InChI=1S/C16H15S/c1-2-5-12-8-9-17-16(12)15-10-13-6-3-4-7-14(13)11-15/h3-4,6-11H,2,5H2,1H3. The van der Waals surface area contributed by atoms with Crippen molar-refractivity contribution in [3.8, 4) is 0 Å². The molecule has 0 saturated heterocycles. The highest BCUT2D eigenvalue weighted by Gasteiger charge is 2.16. The van der Waals surface area contributed by atoms with Crippen LogP contribution in [0.15, 0.2) is 35.7 Å². The molecule has 0 fully saturated rings. The smallest absolute Gasteiger partial charge is 0.0341 e. The van der Waals surface area contributed by atoms with E-state index in [1.54, 1.807) is 0 Å². The second kappa shape index (κ2) is 4.50. The zero-order chi connectivity index (χ0) is 11.7. The molecule has 0 amide bonds. The molecule has 0 N–H and O–H groups in total. The van der Waals surface area contributed by atoms with Crippen molar-refractivity contribution in [1.29, 1.82) is 0 Å². The van der Waals surface area contributed by atoms with Gasteiger partial charge >= 0.3 is 0 Å². The lowest BCUT2D eigenvalue weighted by molar-refractivity contribution is 0.924. The molecule has 1 heteroatoms. The van der Waals surface area contributed by atoms with Gasteiger partial charge in [-0.2, -0.15) is 0 Å². The topological polar surface area (TPSA) is 0 Å². The summed E-state index contributed by atoms with van der Waals surface area (Å²) in [6.07, 6.45) is 7.00. The van der Waals surface area contributed by atoms with Gasteiger partial charge in [0.05, 0.1) is 0 Å². The predicted molar refractivity (Wildman–Crippen MR) is 76.0 cm³/mol. The quantitative estimate of drug-likeness (QED) is 0.721. The average Bonchev–Trinajstić information content (AvgIpc) is 2.94. The first-order chi connectivity index (χ1) is 8.38. The number of aryl methyl sites for hydroxylation is 1. The first-order valence-corrected chi connectivity index (χ1v) is 6.98. The summed E-state index contributed by atoms with van der Waals surface area (Å²) in [4.78, 5) is 1.45. The van der Waals surface area contributed by atoms with Gasteiger partial charge in [-0.05, 0) is 46.2 Å². The molecule has 0 unspecified atom stereocenters. The Bertz CT molecular complexity index is 560. The van der Waals surface area contributed by atoms with E-state index in [1.807, 2.05) is 11.3 Å². The van der Waals surface area contributed by atoms with Gasteiger partial charge in [-0.3, -0.25) is 0 Å². The van der Waals surface area contributed by atoms with Crippen LogP contribution in [-0.2, 0) is 6.42 Å². The van der Waals surface area contributed by atoms with Gasteiger partial charge in [0.15, 0.2) is 0 Å². The van der Waals surface area contributed by atoms with Crippen molar-refractivity contribution in [3.05, 3.63) is 63.7 Å². The molecule has 0 saturated carbocycles. The van der Waals surface area contributed by atoms with E-state index in [-0.39, 0.29) is 0 Å². The summed E-state index contributed by atoms with van der Waals surface area (Å²) < 4.78 is 0. The first-order valence-electron chi connectivity index (χ1n) is 6.10. The number of hydrogen-bond acceptors (Lipinski definition) is 1. The molecule has 0 bridgehead atoms. The van der Waals surface area contributed by atoms with Crippen LogP contribution in [0.4, 0.5) is 0 Å². The number of fused-ring (bicyclic) bond motifs is 1. The summed E-state index contributed by atoms with van der Waals surface area (Å²) in [5.74, 6) is 0. The number of allylic oxidation sites excluding steroid dienone is 1. The van der Waals surface area contributed by atoms with E-state index >= 15 is 0 Å². The van der Waals surface area contributed by atoms with E-state index < -0.39 is 0 Å². The summed E-state index contributed by atoms with van der Waals surface area (Å²) >= 11 is 1.86. The van der Waals surface area contributed by atoms with Gasteiger partial charge < -0.3 is 0 Å². The predicted octanol–water partition coefficient (Wildman–Crippen LogP) is 4.81. The number of hydrogen-bond donors (Lipinski definition) is 0. The van der Waals surface area contributed by atoms with E-state index in [9.17, 15) is 0 Å². The number of benzene rings is 1. The van der Waals surface area contributed by atoms with E-state index in [4.69, 9.17) is 0 Å². The highest BCUT2D eigenvalue weighted by molar-refractivity contribution is 7.11. The fourth-order valence-electron chi connectivity index (χ4n) is 2.34. The van der Waals surface area contributed by atoms with E-state index in [0.717, 1.165) is 0 Å². The summed E-state index contributed by atoms with van der Waals surface area (Å²) in [5.41, 5.74) is 5.56. The molecule has 1 aromatic carbocycles. The van der Waals surface area contributed by atoms with Crippen molar-refractivity contribution in [2.45, 2.75) is 19.8 Å². The van der Waals surface area contributed by atoms with Gasteiger partial charge in [0.25, 0.3) is 0 Å². The van der Waals surface area contributed by atoms with Crippen LogP contribution in [0.5, 0.6) is 0 Å². The lowest BCUT2D eigenvalue weighted by Gasteiger charge is -2.02. The second-order valence-corrected chi connectivity index (χ2v) is 5.31. The largest absolute Gasteiger partial charge is 0.144 e. The third-order valence-corrected chi connectivity index (χ3v) is 4.15. The fraction of sp³-hybridized carbons (Fsp3) is 0.188. The van der Waals surface area contributed by atoms with E-state index in [1.165, 1.54) is 40.0 Å². The minimum Gasteiger partial charge on any atom is -0.144 e.